The number of ether oxygens (including phenoxy) is 1. The van der Waals surface area contributed by atoms with Crippen molar-refractivity contribution in [2.24, 2.45) is 0 Å². The average molecular weight is 505 g/mol. The highest BCUT2D eigenvalue weighted by Gasteiger charge is 2.34. The standard InChI is InChI=1S/C24H26F3N5O4/c25-20-12-17(31-14-18(36-24(31)35)13-29-23(34)22(26)27)1-2-19(20)16-5-9-30-32(10-6-16)21(33)11-15-3-7-28-8-4-15/h1-4,7-8,12,16,18,22,30H,5-6,9-11,13-14H2,(H,29,34)/t16?,18-/m0/s1. The van der Waals surface area contributed by atoms with Gasteiger partial charge in [-0.3, -0.25) is 24.5 Å². The number of pyridine rings is 1. The van der Waals surface area contributed by atoms with Crippen LogP contribution >= 0.6 is 0 Å². The first kappa shape index (κ1) is 25.4. The minimum atomic E-state index is -3.16. The monoisotopic (exact) mass is 505 g/mol. The summed E-state index contributed by atoms with van der Waals surface area (Å²) in [4.78, 5) is 41.0. The summed E-state index contributed by atoms with van der Waals surface area (Å²) in [6.07, 6.45) is -0.0574. The van der Waals surface area contributed by atoms with Crippen LogP contribution in [0.5, 0.6) is 0 Å². The highest BCUT2D eigenvalue weighted by molar-refractivity contribution is 5.90. The molecule has 0 saturated carbocycles. The lowest BCUT2D eigenvalue weighted by Gasteiger charge is -2.21. The van der Waals surface area contributed by atoms with Gasteiger partial charge in [0.05, 0.1) is 25.2 Å². The van der Waals surface area contributed by atoms with Gasteiger partial charge < -0.3 is 10.1 Å². The van der Waals surface area contributed by atoms with E-state index in [0.717, 1.165) is 5.56 Å². The molecule has 2 atom stereocenters. The molecule has 1 unspecified atom stereocenters. The summed E-state index contributed by atoms with van der Waals surface area (Å²) in [5.41, 5.74) is 4.73. The number of hydrogen-bond acceptors (Lipinski definition) is 6. The van der Waals surface area contributed by atoms with Gasteiger partial charge in [0.25, 0.3) is 5.91 Å². The molecule has 4 rings (SSSR count). The fourth-order valence-corrected chi connectivity index (χ4v) is 4.32. The molecule has 3 amide bonds. The third-order valence-corrected chi connectivity index (χ3v) is 6.21. The zero-order valence-electron chi connectivity index (χ0n) is 19.3. The Morgan fingerprint density at radius 3 is 2.69 bits per heavy atom. The van der Waals surface area contributed by atoms with Crippen molar-refractivity contribution >= 4 is 23.6 Å². The Kier molecular flexibility index (Phi) is 8.04. The number of benzene rings is 1. The molecular weight excluding hydrogens is 479 g/mol. The van der Waals surface area contributed by atoms with Gasteiger partial charge in [0, 0.05) is 25.5 Å². The van der Waals surface area contributed by atoms with Crippen molar-refractivity contribution in [1.82, 2.24) is 20.7 Å². The molecule has 3 heterocycles. The molecule has 2 aliphatic rings. The van der Waals surface area contributed by atoms with Gasteiger partial charge in [-0.15, -0.1) is 0 Å². The van der Waals surface area contributed by atoms with Gasteiger partial charge in [-0.2, -0.15) is 8.78 Å². The smallest absolute Gasteiger partial charge is 0.414 e. The lowest BCUT2D eigenvalue weighted by atomic mass is 9.92. The van der Waals surface area contributed by atoms with Crippen molar-refractivity contribution in [3.63, 3.8) is 0 Å². The number of halogens is 3. The summed E-state index contributed by atoms with van der Waals surface area (Å²) in [6, 6.07) is 8.02. The van der Waals surface area contributed by atoms with Crippen molar-refractivity contribution in [3.8, 4) is 0 Å². The second kappa shape index (κ2) is 11.4. The summed E-state index contributed by atoms with van der Waals surface area (Å²) >= 11 is 0. The number of anilines is 1. The molecule has 36 heavy (non-hydrogen) atoms. The summed E-state index contributed by atoms with van der Waals surface area (Å²) in [7, 11) is 0. The number of nitrogens with one attached hydrogen (secondary N) is 2. The number of alkyl halides is 2. The predicted octanol–water partition coefficient (Wildman–Crippen LogP) is 2.38. The van der Waals surface area contributed by atoms with Crippen molar-refractivity contribution in [2.45, 2.75) is 37.7 Å². The first-order valence-electron chi connectivity index (χ1n) is 11.6. The van der Waals surface area contributed by atoms with Crippen LogP contribution in [-0.2, 0) is 20.7 Å². The van der Waals surface area contributed by atoms with Crippen LogP contribution in [0.4, 0.5) is 23.7 Å². The second-order valence-corrected chi connectivity index (χ2v) is 8.63. The molecule has 2 N–H and O–H groups in total. The van der Waals surface area contributed by atoms with E-state index in [1.165, 1.54) is 11.0 Å². The molecule has 2 aliphatic heterocycles. The van der Waals surface area contributed by atoms with Gasteiger partial charge >= 0.3 is 12.5 Å². The van der Waals surface area contributed by atoms with E-state index in [0.29, 0.717) is 31.5 Å². The minimum absolute atomic E-state index is 0.0109. The van der Waals surface area contributed by atoms with E-state index in [1.807, 2.05) is 5.32 Å². The Hall–Kier alpha value is -3.67. The number of rotatable bonds is 7. The highest BCUT2D eigenvalue weighted by Crippen LogP contribution is 2.31. The Labute approximate surface area is 205 Å². The Bertz CT molecular complexity index is 1100. The molecule has 1 aromatic carbocycles. The molecule has 1 aromatic heterocycles. The third-order valence-electron chi connectivity index (χ3n) is 6.21. The molecule has 2 fully saturated rings. The number of carbonyl (C=O) groups excluding carboxylic acids is 3. The molecular formula is C24H26F3N5O4. The first-order chi connectivity index (χ1) is 17.3. The van der Waals surface area contributed by atoms with Gasteiger partial charge in [0.2, 0.25) is 5.91 Å². The van der Waals surface area contributed by atoms with Crippen LogP contribution in [0.25, 0.3) is 0 Å². The zero-order chi connectivity index (χ0) is 25.7. The molecule has 0 spiro atoms. The van der Waals surface area contributed by atoms with E-state index in [9.17, 15) is 23.2 Å². The summed E-state index contributed by atoms with van der Waals surface area (Å²) in [5.74, 6) is -2.15. The van der Waals surface area contributed by atoms with Gasteiger partial charge in [-0.1, -0.05) is 6.07 Å². The fraction of sp³-hybridized carbons (Fsp3) is 0.417. The molecule has 2 saturated heterocycles. The van der Waals surface area contributed by atoms with Crippen LogP contribution in [0.1, 0.15) is 29.9 Å². The summed E-state index contributed by atoms with van der Waals surface area (Å²) < 4.78 is 44.9. The number of hydrazine groups is 1. The molecule has 12 heteroatoms. The number of amides is 3. The van der Waals surface area contributed by atoms with E-state index < -0.39 is 30.3 Å². The van der Waals surface area contributed by atoms with Crippen LogP contribution in [0.15, 0.2) is 42.7 Å². The largest absolute Gasteiger partial charge is 0.442 e. The topological polar surface area (TPSA) is 104 Å². The molecule has 0 radical (unpaired) electrons. The molecule has 0 bridgehead atoms. The van der Waals surface area contributed by atoms with Crippen molar-refractivity contribution in [3.05, 3.63) is 59.7 Å². The lowest BCUT2D eigenvalue weighted by molar-refractivity contribution is -0.133. The van der Waals surface area contributed by atoms with E-state index in [2.05, 4.69) is 10.4 Å². The average Bonchev–Trinajstić information content (AvgIpc) is 3.07. The van der Waals surface area contributed by atoms with E-state index in [4.69, 9.17) is 4.74 Å². The van der Waals surface area contributed by atoms with Crippen LogP contribution in [-0.4, -0.2) is 66.6 Å². The Morgan fingerprint density at radius 1 is 1.19 bits per heavy atom. The molecule has 192 valence electrons. The predicted molar refractivity (Wildman–Crippen MR) is 123 cm³/mol. The summed E-state index contributed by atoms with van der Waals surface area (Å²) in [6.45, 7) is 0.638. The lowest BCUT2D eigenvalue weighted by Crippen LogP contribution is -2.43. The third kappa shape index (κ3) is 6.11. The van der Waals surface area contributed by atoms with Crippen LogP contribution in [0, 0.1) is 5.82 Å². The Balaban J connectivity index is 1.35. The second-order valence-electron chi connectivity index (χ2n) is 8.63. The number of carbonyl (C=O) groups is 3. The number of cyclic esters (lactones) is 1. The summed E-state index contributed by atoms with van der Waals surface area (Å²) in [5, 5.41) is 3.58. The van der Waals surface area contributed by atoms with E-state index in [1.54, 1.807) is 41.7 Å². The SMILES string of the molecule is O=C(NC[C@H]1CN(c2ccc(C3CCNN(C(=O)Cc4ccncc4)CC3)c(F)c2)C(=O)O1)C(F)F. The van der Waals surface area contributed by atoms with Gasteiger partial charge in [-0.25, -0.2) is 14.6 Å². The minimum Gasteiger partial charge on any atom is -0.442 e. The maximum atomic E-state index is 15.1. The zero-order valence-corrected chi connectivity index (χ0v) is 19.3. The van der Waals surface area contributed by atoms with Gasteiger partial charge in [0.1, 0.15) is 11.9 Å². The number of nitrogens with zero attached hydrogens (tertiary/aromatic N) is 3. The quantitative estimate of drug-likeness (QED) is 0.599. The van der Waals surface area contributed by atoms with Crippen molar-refractivity contribution in [2.75, 3.05) is 31.1 Å². The highest BCUT2D eigenvalue weighted by atomic mass is 19.3. The van der Waals surface area contributed by atoms with E-state index >= 15 is 4.39 Å². The number of aromatic nitrogens is 1. The van der Waals surface area contributed by atoms with Crippen LogP contribution in [0.2, 0.25) is 0 Å². The fourth-order valence-electron chi connectivity index (χ4n) is 4.32. The Morgan fingerprint density at radius 2 is 1.97 bits per heavy atom. The normalized spacial score (nSPS) is 20.3. The molecule has 0 aliphatic carbocycles. The molecule has 9 nitrogen and oxygen atoms in total. The number of hydrogen-bond donors (Lipinski definition) is 2. The van der Waals surface area contributed by atoms with Crippen molar-refractivity contribution in [1.29, 1.82) is 0 Å². The van der Waals surface area contributed by atoms with Crippen molar-refractivity contribution < 1.29 is 32.3 Å². The maximum Gasteiger partial charge on any atom is 0.414 e. The van der Waals surface area contributed by atoms with Gasteiger partial charge in [-0.05, 0) is 54.2 Å². The van der Waals surface area contributed by atoms with Crippen LogP contribution in [0.3, 0.4) is 0 Å². The van der Waals surface area contributed by atoms with Gasteiger partial charge in [0.15, 0.2) is 0 Å². The maximum absolute atomic E-state index is 15.1. The van der Waals surface area contributed by atoms with E-state index in [-0.39, 0.29) is 37.0 Å². The molecule has 2 aromatic rings. The first-order valence-corrected chi connectivity index (χ1v) is 11.6. The van der Waals surface area contributed by atoms with Crippen LogP contribution < -0.4 is 15.6 Å².